The number of carboxylic acid groups (broad SMARTS) is 2. The summed E-state index contributed by atoms with van der Waals surface area (Å²) in [5.41, 5.74) is 0. The first-order valence-electron chi connectivity index (χ1n) is 1.07. The normalized spacial score (nSPS) is 4.40. The van der Waals surface area contributed by atoms with Crippen LogP contribution in [0.4, 0.5) is 0 Å². The van der Waals surface area contributed by atoms with E-state index in [9.17, 15) is 0 Å². The zero-order valence-electron chi connectivity index (χ0n) is 4.84. The quantitative estimate of drug-likeness (QED) is 0.309. The summed E-state index contributed by atoms with van der Waals surface area (Å²) in [4.78, 5) is 17.9. The Hall–Kier alpha value is -0.258. The van der Waals surface area contributed by atoms with E-state index in [2.05, 4.69) is 0 Å². The Labute approximate surface area is 75.7 Å². The molecule has 0 aromatic carbocycles. The largest absolute Gasteiger partial charge is 2.00 e. The maximum absolute atomic E-state index is 8.93. The van der Waals surface area contributed by atoms with Gasteiger partial charge in [0.15, 0.2) is 0 Å². The van der Waals surface area contributed by atoms with Gasteiger partial charge in [-0.25, -0.2) is 0 Å². The molecular weight excluding hydrogens is 248 g/mol. The van der Waals surface area contributed by atoms with Gasteiger partial charge in [-0.05, 0) is 0 Å². The topological polar surface area (TPSA) is 175 Å². The summed E-state index contributed by atoms with van der Waals surface area (Å²) in [5, 5.41) is 17.9. The molecular formula is C2H6CdO7. The van der Waals surface area contributed by atoms with E-state index in [-0.39, 0.29) is 43.7 Å². The first kappa shape index (κ1) is 33.1. The van der Waals surface area contributed by atoms with Crippen LogP contribution in [0.1, 0.15) is 0 Å². The molecule has 0 spiro atoms. The molecule has 10 heavy (non-hydrogen) atoms. The molecule has 0 aliphatic carbocycles. The number of carbonyl (C=O) groups excluding carboxylic acids is 2. The molecule has 0 amide bonds. The second-order valence-corrected chi connectivity index (χ2v) is 0.575. The van der Waals surface area contributed by atoms with Gasteiger partial charge in [-0.3, -0.25) is 0 Å². The average Bonchev–Trinajstić information content (AvgIpc) is 1.36. The van der Waals surface area contributed by atoms with Crippen LogP contribution in [0.25, 0.3) is 0 Å². The molecule has 0 unspecified atom stereocenters. The van der Waals surface area contributed by atoms with Crippen LogP contribution in [0.5, 0.6) is 0 Å². The van der Waals surface area contributed by atoms with Gasteiger partial charge in [-0.2, -0.15) is 0 Å². The predicted octanol–water partition coefficient (Wildman–Crippen LogP) is -5.99. The Kier molecular flexibility index (Phi) is 52.6. The van der Waals surface area contributed by atoms with E-state index in [1.807, 2.05) is 0 Å². The molecule has 0 aliphatic heterocycles. The number of rotatable bonds is 0. The molecule has 58 valence electrons. The number of hydrogen-bond acceptors (Lipinski definition) is 4. The summed E-state index contributed by atoms with van der Waals surface area (Å²) in [6.45, 7) is 0. The zero-order valence-corrected chi connectivity index (χ0v) is 8.88. The number of aliphatic carboxylic acids is 2. The molecule has 7 nitrogen and oxygen atoms in total. The fraction of sp³-hybridized carbons (Fsp3) is 0. The van der Waals surface area contributed by atoms with Gasteiger partial charge >= 0.3 is 27.3 Å². The smallest absolute Gasteiger partial charge is 0.543 e. The van der Waals surface area contributed by atoms with Crippen LogP contribution >= 0.6 is 0 Å². The number of carbonyl (C=O) groups is 2. The van der Waals surface area contributed by atoms with E-state index >= 15 is 0 Å². The Morgan fingerprint density at radius 2 is 0.900 bits per heavy atom. The molecule has 0 aromatic rings. The van der Waals surface area contributed by atoms with Crippen molar-refractivity contribution >= 4 is 11.9 Å². The van der Waals surface area contributed by atoms with Crippen molar-refractivity contribution in [2.24, 2.45) is 0 Å². The molecule has 8 heteroatoms. The summed E-state index contributed by atoms with van der Waals surface area (Å²) < 4.78 is 0. The van der Waals surface area contributed by atoms with Gasteiger partial charge in [0.25, 0.3) is 0 Å². The van der Waals surface area contributed by atoms with Gasteiger partial charge in [0, 0.05) is 0 Å². The van der Waals surface area contributed by atoms with Crippen LogP contribution in [-0.2, 0) is 36.9 Å². The molecule has 0 saturated heterocycles. The van der Waals surface area contributed by atoms with Crippen molar-refractivity contribution in [3.8, 4) is 0 Å². The second-order valence-electron chi connectivity index (χ2n) is 0.575. The Morgan fingerprint density at radius 1 is 0.800 bits per heavy atom. The van der Waals surface area contributed by atoms with Crippen molar-refractivity contribution in [1.82, 2.24) is 0 Å². The van der Waals surface area contributed by atoms with Crippen LogP contribution in [0.2, 0.25) is 0 Å². The second kappa shape index (κ2) is 15.9. The van der Waals surface area contributed by atoms with Crippen molar-refractivity contribution < 1.29 is 63.5 Å². The molecule has 0 bridgehead atoms. The number of carboxylic acids is 2. The molecule has 0 saturated carbocycles. The van der Waals surface area contributed by atoms with E-state index in [1.165, 1.54) is 0 Å². The minimum Gasteiger partial charge on any atom is -0.543 e. The van der Waals surface area contributed by atoms with E-state index in [0.717, 1.165) is 0 Å². The predicted molar refractivity (Wildman–Crippen MR) is 20.9 cm³/mol. The van der Waals surface area contributed by atoms with Crippen molar-refractivity contribution in [2.75, 3.05) is 0 Å². The van der Waals surface area contributed by atoms with Gasteiger partial charge in [-0.15, -0.1) is 0 Å². The van der Waals surface area contributed by atoms with E-state index in [1.54, 1.807) is 0 Å². The van der Waals surface area contributed by atoms with Crippen LogP contribution in [0, 0.1) is 0 Å². The Balaban J connectivity index is -0.0000000208. The van der Waals surface area contributed by atoms with Crippen molar-refractivity contribution in [3.63, 3.8) is 0 Å². The fourth-order valence-electron chi connectivity index (χ4n) is 0. The molecule has 0 fully saturated rings. The summed E-state index contributed by atoms with van der Waals surface area (Å²) in [5.74, 6) is -4.37. The molecule has 0 aliphatic rings. The minimum absolute atomic E-state index is 0. The monoisotopic (exact) mass is 256 g/mol. The molecule has 0 rings (SSSR count). The van der Waals surface area contributed by atoms with E-state index < -0.39 is 11.9 Å². The van der Waals surface area contributed by atoms with Gasteiger partial charge in [0.05, 0.1) is 11.9 Å². The van der Waals surface area contributed by atoms with E-state index in [4.69, 9.17) is 19.8 Å². The Morgan fingerprint density at radius 3 is 0.900 bits per heavy atom. The first-order chi connectivity index (χ1) is 2.64. The third-order valence-electron chi connectivity index (χ3n) is 0.167. The maximum Gasteiger partial charge on any atom is 2.00 e. The van der Waals surface area contributed by atoms with Gasteiger partial charge in [-0.1, -0.05) is 0 Å². The number of hydrogen-bond donors (Lipinski definition) is 0. The third kappa shape index (κ3) is 25.1. The van der Waals surface area contributed by atoms with Crippen molar-refractivity contribution in [2.45, 2.75) is 0 Å². The standard InChI is InChI=1S/C2H2O4.Cd.3H2O/c3-1(4)2(5)6;;;;/h(H,3,4)(H,5,6);;3*1H2/q;+2;;;/p-2. The summed E-state index contributed by atoms with van der Waals surface area (Å²) >= 11 is 0. The average molecular weight is 254 g/mol. The summed E-state index contributed by atoms with van der Waals surface area (Å²) in [6, 6.07) is 0. The third-order valence-corrected chi connectivity index (χ3v) is 0.167. The molecule has 0 heterocycles. The zero-order chi connectivity index (χ0) is 5.15. The SMILES string of the molecule is O.O.O.O=C([O-])C(=O)[O-].[Cd+2]. The Bertz CT molecular complexity index is 77.6. The van der Waals surface area contributed by atoms with E-state index in [0.29, 0.717) is 0 Å². The first-order valence-corrected chi connectivity index (χ1v) is 1.07. The molecule has 0 radical (unpaired) electrons. The molecule has 6 N–H and O–H groups in total. The summed E-state index contributed by atoms with van der Waals surface area (Å²) in [7, 11) is 0. The van der Waals surface area contributed by atoms with Gasteiger partial charge in [0.2, 0.25) is 0 Å². The fourth-order valence-corrected chi connectivity index (χ4v) is 0. The van der Waals surface area contributed by atoms with Crippen molar-refractivity contribution in [1.29, 1.82) is 0 Å². The van der Waals surface area contributed by atoms with Crippen LogP contribution in [0.15, 0.2) is 0 Å². The maximum atomic E-state index is 8.93. The summed E-state index contributed by atoms with van der Waals surface area (Å²) in [6.07, 6.45) is 0. The van der Waals surface area contributed by atoms with Crippen molar-refractivity contribution in [3.05, 3.63) is 0 Å². The van der Waals surface area contributed by atoms with Crippen LogP contribution in [0.3, 0.4) is 0 Å². The molecule has 0 atom stereocenters. The molecule has 0 aromatic heterocycles. The van der Waals surface area contributed by atoms with Crippen LogP contribution < -0.4 is 10.2 Å². The van der Waals surface area contributed by atoms with Gasteiger partial charge in [0.1, 0.15) is 0 Å². The van der Waals surface area contributed by atoms with Crippen LogP contribution in [-0.4, -0.2) is 28.4 Å². The minimum atomic E-state index is -2.19. The van der Waals surface area contributed by atoms with Gasteiger partial charge < -0.3 is 36.2 Å².